The third-order valence-corrected chi connectivity index (χ3v) is 9.05. The Balaban J connectivity index is 0.000000181. The van der Waals surface area contributed by atoms with Gasteiger partial charge in [-0.15, -0.1) is 0 Å². The number of anilines is 3. The van der Waals surface area contributed by atoms with Gasteiger partial charge >= 0.3 is 48.9 Å². The fourth-order valence-electron chi connectivity index (χ4n) is 6.08. The number of nitro benzene ring substituents is 1. The van der Waals surface area contributed by atoms with E-state index in [4.69, 9.17) is 41.9 Å². The van der Waals surface area contributed by atoms with Crippen molar-refractivity contribution in [1.82, 2.24) is 19.8 Å². The molecule has 16 nitrogen and oxygen atoms in total. The van der Waals surface area contributed by atoms with Gasteiger partial charge in [0.15, 0.2) is 16.7 Å². The van der Waals surface area contributed by atoms with Crippen LogP contribution in [0.1, 0.15) is 11.1 Å². The number of para-hydroxylation sites is 2. The van der Waals surface area contributed by atoms with Crippen molar-refractivity contribution in [2.45, 2.75) is 13.2 Å². The fraction of sp³-hybridized carbons (Fsp3) is 0.263. The summed E-state index contributed by atoms with van der Waals surface area (Å²) in [5.74, 6) is 0. The third kappa shape index (κ3) is 10.9. The summed E-state index contributed by atoms with van der Waals surface area (Å²) in [7, 11) is 9.87. The second-order valence-electron chi connectivity index (χ2n) is 12.7. The van der Waals surface area contributed by atoms with Crippen molar-refractivity contribution in [2.24, 2.45) is 0 Å². The second kappa shape index (κ2) is 20.1. The van der Waals surface area contributed by atoms with Crippen LogP contribution in [0.15, 0.2) is 106 Å². The Labute approximate surface area is 344 Å². The van der Waals surface area contributed by atoms with Crippen molar-refractivity contribution in [3.63, 3.8) is 0 Å². The number of non-ortho nitro benzene ring substituents is 1. The first-order chi connectivity index (χ1) is 27.7. The van der Waals surface area contributed by atoms with Gasteiger partial charge in [0.25, 0.3) is 17.7 Å². The predicted octanol–water partition coefficient (Wildman–Crippen LogP) is 7.06. The first-order valence-corrected chi connectivity index (χ1v) is 25.0. The minimum absolute atomic E-state index is 0.0874. The molecule has 2 aliphatic rings. The Hall–Kier alpha value is -5.46. The van der Waals surface area contributed by atoms with E-state index in [0.717, 1.165) is 11.1 Å². The Bertz CT molecular complexity index is 2250. The Morgan fingerprint density at radius 1 is 0.667 bits per heavy atom. The molecule has 57 heavy (non-hydrogen) atoms. The molecule has 0 unspecified atom stereocenters. The van der Waals surface area contributed by atoms with Gasteiger partial charge in [0.05, 0.1) is 10.6 Å². The number of oxazole rings is 2. The molecule has 8 rings (SSSR count). The number of ether oxygens (including phenoxy) is 2. The molecule has 296 valence electrons. The number of halogens is 2. The summed E-state index contributed by atoms with van der Waals surface area (Å²) in [4.78, 5) is 51.1. The van der Waals surface area contributed by atoms with Crippen LogP contribution in [0.5, 0.6) is 0 Å². The topological polar surface area (TPSA) is 187 Å². The summed E-state index contributed by atoms with van der Waals surface area (Å²) in [6, 6.07) is 30.1. The van der Waals surface area contributed by atoms with Crippen molar-refractivity contribution in [2.75, 3.05) is 67.9 Å². The van der Waals surface area contributed by atoms with Crippen LogP contribution in [0.3, 0.4) is 0 Å². The maximum absolute atomic E-state index is 12.2. The number of carbonyl (C=O) groups is 2. The fourth-order valence-corrected chi connectivity index (χ4v) is 6.08. The molecular weight excluding hydrogens is 886 g/mol. The number of nitro groups is 1. The number of benzene rings is 4. The number of hydrogen-bond donors (Lipinski definition) is 1. The van der Waals surface area contributed by atoms with Crippen molar-refractivity contribution in [3.8, 4) is 0 Å². The van der Waals surface area contributed by atoms with Crippen LogP contribution in [-0.4, -0.2) is 108 Å². The van der Waals surface area contributed by atoms with Gasteiger partial charge in [-0.1, -0.05) is 72.8 Å². The average molecular weight is 924 g/mol. The van der Waals surface area contributed by atoms with E-state index in [9.17, 15) is 19.7 Å². The number of fused-ring (bicyclic) bond motifs is 2. The molecule has 0 aliphatic carbocycles. The molecule has 4 aromatic carbocycles. The van der Waals surface area contributed by atoms with Crippen molar-refractivity contribution < 1.29 is 32.8 Å². The zero-order valence-electron chi connectivity index (χ0n) is 30.5. The minimum atomic E-state index is -0.826. The van der Waals surface area contributed by atoms with Crippen LogP contribution in [0, 0.1) is 10.1 Å². The standard InChI is InChI=1S/C19H18N4O5.C19H20N4O3.2ClH.Sn/c24-19(27-13-14-5-2-1-3-6-14)22-11-9-21(10-12-22)18-20-17-15(23(25)26)7-4-8-16(17)28-18;20-15-7-4-8-16-17(15)21-18(26-16)22-9-11-23(12-10-22)19(24)25-13-14-5-2-1-3-6-14;;;/h1-8H,9-13H2;1-8H,9-13,20H2;2*1H;/q;;;;+2/p-2. The van der Waals surface area contributed by atoms with E-state index in [2.05, 4.69) is 9.97 Å². The van der Waals surface area contributed by atoms with Crippen LogP contribution >= 0.6 is 17.8 Å². The van der Waals surface area contributed by atoms with Gasteiger partial charge in [-0.05, 0) is 29.3 Å². The molecule has 0 atom stereocenters. The molecule has 2 fully saturated rings. The Morgan fingerprint density at radius 3 is 1.53 bits per heavy atom. The third-order valence-electron chi connectivity index (χ3n) is 9.05. The first kappa shape index (κ1) is 41.2. The summed E-state index contributed by atoms with van der Waals surface area (Å²) in [6.45, 7) is 4.80. The van der Waals surface area contributed by atoms with Crippen LogP contribution < -0.4 is 15.5 Å². The van der Waals surface area contributed by atoms with E-state index in [-0.39, 0.29) is 36.6 Å². The van der Waals surface area contributed by atoms with Crippen molar-refractivity contribution in [1.29, 1.82) is 0 Å². The van der Waals surface area contributed by atoms with Gasteiger partial charge in [0.1, 0.15) is 18.7 Å². The van der Waals surface area contributed by atoms with E-state index in [1.807, 2.05) is 82.6 Å². The van der Waals surface area contributed by atoms with Gasteiger partial charge in [-0.3, -0.25) is 10.1 Å². The second-order valence-corrected chi connectivity index (χ2v) is 16.9. The number of hydrogen-bond acceptors (Lipinski definition) is 13. The van der Waals surface area contributed by atoms with Gasteiger partial charge in [-0.25, -0.2) is 9.59 Å². The molecule has 6 aromatic rings. The molecule has 19 heteroatoms. The average Bonchev–Trinajstić information content (AvgIpc) is 3.90. The molecular formula is C38H38Cl2N8O8Sn. The van der Waals surface area contributed by atoms with Crippen LogP contribution in [0.25, 0.3) is 22.2 Å². The summed E-state index contributed by atoms with van der Waals surface area (Å²) >= 11 is -0.826. The Kier molecular flexibility index (Phi) is 14.5. The molecule has 0 bridgehead atoms. The molecule has 2 radical (unpaired) electrons. The molecule has 2 saturated heterocycles. The van der Waals surface area contributed by atoms with Crippen LogP contribution in [-0.2, 0) is 22.7 Å². The number of amides is 2. The predicted molar refractivity (Wildman–Crippen MR) is 217 cm³/mol. The van der Waals surface area contributed by atoms with Crippen LogP contribution in [0.4, 0.5) is 33.0 Å². The molecule has 2 aliphatic heterocycles. The summed E-state index contributed by atoms with van der Waals surface area (Å²) in [6.07, 6.45) is -0.660. The van der Waals surface area contributed by atoms with Gasteiger partial charge in [0.2, 0.25) is 0 Å². The van der Waals surface area contributed by atoms with Gasteiger partial charge < -0.3 is 43.6 Å². The summed E-state index contributed by atoms with van der Waals surface area (Å²) in [5, 5.41) is 11.1. The number of rotatable bonds is 7. The van der Waals surface area contributed by atoms with E-state index in [1.165, 1.54) is 6.07 Å². The molecule has 2 aromatic heterocycles. The molecule has 2 N–H and O–H groups in total. The number of carbonyl (C=O) groups excluding carboxylic acids is 2. The normalized spacial score (nSPS) is 14.0. The Morgan fingerprint density at radius 2 is 1.09 bits per heavy atom. The van der Waals surface area contributed by atoms with Gasteiger partial charge in [-0.2, -0.15) is 9.97 Å². The monoisotopic (exact) mass is 924 g/mol. The number of nitrogens with two attached hydrogens (primary N) is 1. The quantitative estimate of drug-likeness (QED) is 0.0743. The molecule has 0 spiro atoms. The number of piperazine rings is 2. The van der Waals surface area contributed by atoms with E-state index in [0.29, 0.717) is 86.8 Å². The summed E-state index contributed by atoms with van der Waals surface area (Å²) < 4.78 is 22.2. The van der Waals surface area contributed by atoms with Gasteiger partial charge in [0, 0.05) is 58.4 Å². The van der Waals surface area contributed by atoms with Crippen molar-refractivity contribution >= 4 is 94.5 Å². The molecule has 0 saturated carbocycles. The van der Waals surface area contributed by atoms with Crippen LogP contribution in [0.2, 0.25) is 0 Å². The molecule has 2 amide bonds. The number of aromatic nitrogens is 2. The maximum atomic E-state index is 12.2. The SMILES string of the molecule is Nc1cccc2oc(N3CCN(C(=O)OCc4ccccc4)CC3)nc12.O=C(OCc1ccccc1)N1CCN(c2nc3c([N+](=O)[O-])cccc3o2)CC1.[Cl][Sn][Cl]. The first-order valence-electron chi connectivity index (χ1n) is 17.8. The van der Waals surface area contributed by atoms with E-state index in [1.54, 1.807) is 28.0 Å². The summed E-state index contributed by atoms with van der Waals surface area (Å²) in [5.41, 5.74) is 10.3. The van der Waals surface area contributed by atoms with E-state index < -0.39 is 23.8 Å². The molecule has 4 heterocycles. The zero-order valence-corrected chi connectivity index (χ0v) is 34.9. The van der Waals surface area contributed by atoms with Crippen molar-refractivity contribution in [3.05, 3.63) is 118 Å². The number of nitrogen functional groups attached to an aromatic ring is 1. The number of nitrogens with zero attached hydrogens (tertiary/aromatic N) is 7. The van der Waals surface area contributed by atoms with E-state index >= 15 is 0 Å². The zero-order chi connectivity index (χ0) is 40.1.